The van der Waals surface area contributed by atoms with E-state index in [4.69, 9.17) is 4.74 Å². The maximum atomic E-state index is 11.2. The van der Waals surface area contributed by atoms with E-state index in [2.05, 4.69) is 35.3 Å². The van der Waals surface area contributed by atoms with Crippen LogP contribution < -0.4 is 21.2 Å². The lowest BCUT2D eigenvalue weighted by molar-refractivity contribution is -0.558. The number of allylic oxidation sites excluding steroid dienone is 1. The summed E-state index contributed by atoms with van der Waals surface area (Å²) in [5.41, 5.74) is 0. The molecule has 0 saturated heterocycles. The van der Waals surface area contributed by atoms with Crippen molar-refractivity contribution in [1.29, 1.82) is 0 Å². The maximum absolute atomic E-state index is 11.2. The first-order valence-electron chi connectivity index (χ1n) is 7.78. The zero-order valence-electron chi connectivity index (χ0n) is 13.1. The molecular formula is C18H26IO2+. The van der Waals surface area contributed by atoms with Crippen LogP contribution in [0.4, 0.5) is 0 Å². The molecule has 0 heterocycles. The number of rotatable bonds is 10. The molecular weight excluding hydrogens is 375 g/mol. The minimum Gasteiger partial charge on any atom is -0.427 e. The molecule has 1 aromatic rings. The fraction of sp³-hybridized carbons (Fsp3) is 0.500. The van der Waals surface area contributed by atoms with Crippen molar-refractivity contribution in [2.45, 2.75) is 58.8 Å². The summed E-state index contributed by atoms with van der Waals surface area (Å²) in [6.07, 6.45) is 8.43. The van der Waals surface area contributed by atoms with Gasteiger partial charge in [0, 0.05) is 13.3 Å². The van der Waals surface area contributed by atoms with Gasteiger partial charge in [0.25, 0.3) is 0 Å². The second-order valence-electron chi connectivity index (χ2n) is 5.09. The minimum absolute atomic E-state index is 0.204. The Morgan fingerprint density at radius 3 is 2.43 bits per heavy atom. The van der Waals surface area contributed by atoms with Crippen LogP contribution in [0.3, 0.4) is 0 Å². The Labute approximate surface area is 139 Å². The third-order valence-corrected chi connectivity index (χ3v) is 5.53. The summed E-state index contributed by atoms with van der Waals surface area (Å²) in [4.78, 5) is 11.2. The van der Waals surface area contributed by atoms with E-state index in [0.29, 0.717) is 0 Å². The molecule has 0 spiro atoms. The number of halogens is 1. The molecule has 116 valence electrons. The highest BCUT2D eigenvalue weighted by Gasteiger charge is 2.12. The fourth-order valence-corrected chi connectivity index (χ4v) is 3.98. The molecule has 0 aromatic heterocycles. The van der Waals surface area contributed by atoms with E-state index >= 15 is 0 Å². The first-order valence-corrected chi connectivity index (χ1v) is 10.1. The van der Waals surface area contributed by atoms with E-state index in [1.807, 2.05) is 6.07 Å². The predicted octanol–water partition coefficient (Wildman–Crippen LogP) is 2.10. The summed E-state index contributed by atoms with van der Waals surface area (Å²) in [6.45, 7) is 3.71. The van der Waals surface area contributed by atoms with Crippen LogP contribution in [0.25, 0.3) is 0 Å². The standard InChI is InChI=1S/C18H26IO2/c1-3-4-5-6-7-11-14-18(21-16(2)20)15-19-17-12-9-8-10-13-17/h8-10,12-13,15H,3-7,11,14H2,1-2H3/q+1/b18-15-. The molecule has 0 N–H and O–H groups in total. The second-order valence-corrected chi connectivity index (χ2v) is 7.58. The Balaban J connectivity index is 2.38. The van der Waals surface area contributed by atoms with Crippen LogP contribution in [0.5, 0.6) is 0 Å². The SMILES string of the molecule is CCCCCCCC/C(=C/[I+]c1ccccc1)OC(C)=O. The summed E-state index contributed by atoms with van der Waals surface area (Å²) in [6, 6.07) is 10.4. The van der Waals surface area contributed by atoms with Crippen molar-refractivity contribution < 1.29 is 30.7 Å². The molecule has 0 unspecified atom stereocenters. The Kier molecular flexibility index (Phi) is 10.2. The molecule has 1 aromatic carbocycles. The molecule has 0 aliphatic carbocycles. The summed E-state index contributed by atoms with van der Waals surface area (Å²) in [5, 5.41) is 0. The average molecular weight is 401 g/mol. The lowest BCUT2D eigenvalue weighted by atomic mass is 10.1. The van der Waals surface area contributed by atoms with Crippen LogP contribution in [0, 0.1) is 3.57 Å². The van der Waals surface area contributed by atoms with Crippen LogP contribution in [0.2, 0.25) is 0 Å². The molecule has 2 nitrogen and oxygen atoms in total. The predicted molar refractivity (Wildman–Crippen MR) is 83.0 cm³/mol. The van der Waals surface area contributed by atoms with Gasteiger partial charge in [0.05, 0.1) is 0 Å². The number of ether oxygens (including phenoxy) is 1. The number of esters is 1. The van der Waals surface area contributed by atoms with Crippen LogP contribution in [-0.4, -0.2) is 5.97 Å². The van der Waals surface area contributed by atoms with Crippen molar-refractivity contribution in [3.05, 3.63) is 43.7 Å². The molecule has 1 rings (SSSR count). The number of unbranched alkanes of at least 4 members (excludes halogenated alkanes) is 5. The van der Waals surface area contributed by atoms with Crippen molar-refractivity contribution in [3.8, 4) is 0 Å². The third kappa shape index (κ3) is 9.67. The Morgan fingerprint density at radius 1 is 1.10 bits per heavy atom. The van der Waals surface area contributed by atoms with Crippen LogP contribution in [0.15, 0.2) is 40.2 Å². The molecule has 0 radical (unpaired) electrons. The largest absolute Gasteiger partial charge is 0.427 e. The normalized spacial score (nSPS) is 11.4. The smallest absolute Gasteiger partial charge is 0.353 e. The van der Waals surface area contributed by atoms with Gasteiger partial charge < -0.3 is 4.74 Å². The van der Waals surface area contributed by atoms with Gasteiger partial charge >= 0.3 is 27.2 Å². The molecule has 0 atom stereocenters. The highest BCUT2D eigenvalue weighted by atomic mass is 127. The van der Waals surface area contributed by atoms with E-state index in [1.54, 1.807) is 0 Å². The van der Waals surface area contributed by atoms with Crippen LogP contribution in [0.1, 0.15) is 58.8 Å². The quantitative estimate of drug-likeness (QED) is 0.260. The lowest BCUT2D eigenvalue weighted by Gasteiger charge is -2.04. The molecule has 0 saturated carbocycles. The molecule has 0 amide bonds. The summed E-state index contributed by atoms with van der Waals surface area (Å²) in [7, 11) is 0. The van der Waals surface area contributed by atoms with Crippen molar-refractivity contribution in [2.24, 2.45) is 0 Å². The highest BCUT2D eigenvalue weighted by Crippen LogP contribution is 2.11. The van der Waals surface area contributed by atoms with E-state index in [0.717, 1.165) is 18.6 Å². The van der Waals surface area contributed by atoms with Gasteiger partial charge in [-0.1, -0.05) is 57.2 Å². The van der Waals surface area contributed by atoms with Gasteiger partial charge in [0.2, 0.25) is 0 Å². The van der Waals surface area contributed by atoms with E-state index in [1.165, 1.54) is 42.6 Å². The highest BCUT2D eigenvalue weighted by molar-refractivity contribution is 5.67. The fourth-order valence-electron chi connectivity index (χ4n) is 2.00. The topological polar surface area (TPSA) is 26.3 Å². The Morgan fingerprint density at radius 2 is 1.76 bits per heavy atom. The minimum atomic E-state index is -0.217. The van der Waals surface area contributed by atoms with Gasteiger partial charge in [0.15, 0.2) is 13.4 Å². The monoisotopic (exact) mass is 401 g/mol. The molecule has 0 aliphatic rings. The summed E-state index contributed by atoms with van der Waals surface area (Å²) in [5.74, 6) is 0.666. The van der Waals surface area contributed by atoms with Crippen molar-refractivity contribution in [2.75, 3.05) is 0 Å². The van der Waals surface area contributed by atoms with Crippen LogP contribution >= 0.6 is 0 Å². The van der Waals surface area contributed by atoms with E-state index < -0.39 is 0 Å². The van der Waals surface area contributed by atoms with Gasteiger partial charge in [-0.3, -0.25) is 4.79 Å². The van der Waals surface area contributed by atoms with Crippen LogP contribution in [-0.2, 0) is 9.53 Å². The van der Waals surface area contributed by atoms with Gasteiger partial charge in [-0.25, -0.2) is 0 Å². The van der Waals surface area contributed by atoms with Crippen molar-refractivity contribution in [1.82, 2.24) is 0 Å². The maximum Gasteiger partial charge on any atom is 0.353 e. The number of hydrogen-bond donors (Lipinski definition) is 0. The third-order valence-electron chi connectivity index (χ3n) is 3.09. The van der Waals surface area contributed by atoms with Gasteiger partial charge in [0.1, 0.15) is 0 Å². The number of carbonyl (C=O) groups excluding carboxylic acids is 1. The average Bonchev–Trinajstić information content (AvgIpc) is 2.48. The van der Waals surface area contributed by atoms with Gasteiger partial charge in [-0.15, -0.1) is 0 Å². The Bertz CT molecular complexity index is 426. The first-order chi connectivity index (χ1) is 10.2. The first kappa shape index (κ1) is 18.2. The second kappa shape index (κ2) is 11.8. The van der Waals surface area contributed by atoms with Gasteiger partial charge in [-0.2, -0.15) is 0 Å². The number of hydrogen-bond acceptors (Lipinski definition) is 2. The van der Waals surface area contributed by atoms with Crippen molar-refractivity contribution >= 4 is 5.97 Å². The van der Waals surface area contributed by atoms with Crippen molar-refractivity contribution in [3.63, 3.8) is 0 Å². The zero-order chi connectivity index (χ0) is 15.3. The van der Waals surface area contributed by atoms with E-state index in [-0.39, 0.29) is 27.2 Å². The molecule has 3 heteroatoms. The molecule has 0 fully saturated rings. The molecule has 0 aliphatic heterocycles. The molecule has 21 heavy (non-hydrogen) atoms. The van der Waals surface area contributed by atoms with E-state index in [9.17, 15) is 4.79 Å². The molecule has 0 bridgehead atoms. The number of benzene rings is 1. The Hall–Kier alpha value is -0.840. The lowest BCUT2D eigenvalue weighted by Crippen LogP contribution is -3.59. The zero-order valence-corrected chi connectivity index (χ0v) is 15.3. The summed E-state index contributed by atoms with van der Waals surface area (Å²) >= 11 is -0.217. The number of carbonyl (C=O) groups is 1. The summed E-state index contributed by atoms with van der Waals surface area (Å²) < 4.78 is 8.85. The van der Waals surface area contributed by atoms with Gasteiger partial charge in [-0.05, 0) is 18.6 Å².